The highest BCUT2D eigenvalue weighted by Crippen LogP contribution is 2.35. The summed E-state index contributed by atoms with van der Waals surface area (Å²) in [6.07, 6.45) is 3.90. The predicted octanol–water partition coefficient (Wildman–Crippen LogP) is 3.93. The van der Waals surface area contributed by atoms with Gasteiger partial charge in [-0.15, -0.1) is 11.3 Å². The molecular weight excluding hydrogens is 216 g/mol. The molecule has 3 heterocycles. The summed E-state index contributed by atoms with van der Waals surface area (Å²) in [4.78, 5) is 8.93. The van der Waals surface area contributed by atoms with Crippen molar-refractivity contribution < 1.29 is 0 Å². The summed E-state index contributed by atoms with van der Waals surface area (Å²) >= 11 is 1.75. The minimum Gasteiger partial charge on any atom is -0.361 e. The monoisotopic (exact) mass is 224 g/mol. The highest BCUT2D eigenvalue weighted by molar-refractivity contribution is 7.25. The maximum absolute atomic E-state index is 4.52. The average Bonchev–Trinajstić information content (AvgIpc) is 2.91. The molecule has 4 rings (SSSR count). The molecule has 0 fully saturated rings. The summed E-state index contributed by atoms with van der Waals surface area (Å²) in [5, 5.41) is 3.72. The van der Waals surface area contributed by atoms with E-state index in [0.717, 1.165) is 4.83 Å². The Balaban J connectivity index is 2.42. The molecule has 4 aromatic rings. The van der Waals surface area contributed by atoms with Gasteiger partial charge in [-0.25, -0.2) is 4.98 Å². The van der Waals surface area contributed by atoms with Crippen molar-refractivity contribution in [1.82, 2.24) is 9.97 Å². The number of thiophene rings is 1. The maximum Gasteiger partial charge on any atom is 0.126 e. The zero-order valence-corrected chi connectivity index (χ0v) is 9.21. The average molecular weight is 224 g/mol. The lowest BCUT2D eigenvalue weighted by Crippen LogP contribution is -1.74. The number of hydrogen-bond donors (Lipinski definition) is 1. The van der Waals surface area contributed by atoms with E-state index >= 15 is 0 Å². The summed E-state index contributed by atoms with van der Waals surface area (Å²) in [7, 11) is 0. The van der Waals surface area contributed by atoms with Crippen molar-refractivity contribution in [1.29, 1.82) is 0 Å². The molecule has 16 heavy (non-hydrogen) atoms. The first-order valence-electron chi connectivity index (χ1n) is 5.17. The highest BCUT2D eigenvalue weighted by atomic mass is 32.1. The Kier molecular flexibility index (Phi) is 1.47. The second-order valence-corrected chi connectivity index (χ2v) is 4.88. The maximum atomic E-state index is 4.52. The Bertz CT molecular complexity index is 810. The number of nitrogens with zero attached hydrogens (tertiary/aromatic N) is 1. The van der Waals surface area contributed by atoms with Crippen molar-refractivity contribution in [3.05, 3.63) is 42.7 Å². The van der Waals surface area contributed by atoms with Crippen LogP contribution in [0, 0.1) is 0 Å². The van der Waals surface area contributed by atoms with E-state index < -0.39 is 0 Å². The second kappa shape index (κ2) is 2.83. The Morgan fingerprint density at radius 3 is 3.06 bits per heavy atom. The van der Waals surface area contributed by atoms with E-state index in [0.29, 0.717) is 0 Å². The summed E-state index contributed by atoms with van der Waals surface area (Å²) in [5.41, 5.74) is 1.20. The quantitative estimate of drug-likeness (QED) is 0.481. The highest BCUT2D eigenvalue weighted by Gasteiger charge is 2.09. The molecule has 0 amide bonds. The number of benzene rings is 1. The van der Waals surface area contributed by atoms with Crippen LogP contribution in [-0.2, 0) is 0 Å². The zero-order valence-electron chi connectivity index (χ0n) is 8.40. The van der Waals surface area contributed by atoms with Crippen molar-refractivity contribution in [3.8, 4) is 0 Å². The normalized spacial score (nSPS) is 11.8. The Hall–Kier alpha value is -1.87. The molecule has 0 aliphatic carbocycles. The molecule has 0 saturated heterocycles. The van der Waals surface area contributed by atoms with Crippen LogP contribution < -0.4 is 0 Å². The molecule has 0 aliphatic rings. The molecule has 0 atom stereocenters. The molecular formula is C13H8N2S. The fourth-order valence-electron chi connectivity index (χ4n) is 2.20. The molecule has 2 nitrogen and oxygen atoms in total. The SMILES string of the molecule is c1ccc2c(c1)sc1ncc3cc[nH]c3c12. The van der Waals surface area contributed by atoms with Gasteiger partial charge in [0.15, 0.2) is 0 Å². The van der Waals surface area contributed by atoms with Crippen LogP contribution in [0.2, 0.25) is 0 Å². The summed E-state index contributed by atoms with van der Waals surface area (Å²) in [5.74, 6) is 0. The van der Waals surface area contributed by atoms with Gasteiger partial charge in [0.1, 0.15) is 4.83 Å². The number of fused-ring (bicyclic) bond motifs is 5. The lowest BCUT2D eigenvalue weighted by atomic mass is 10.1. The standard InChI is InChI=1S/C13H8N2S/c1-2-4-10-9(3-1)11-12-8(5-6-14-12)7-15-13(11)16-10/h1-7,14H. The van der Waals surface area contributed by atoms with E-state index in [-0.39, 0.29) is 0 Å². The molecule has 1 aromatic carbocycles. The van der Waals surface area contributed by atoms with Gasteiger partial charge in [-0.1, -0.05) is 18.2 Å². The van der Waals surface area contributed by atoms with Gasteiger partial charge in [0.2, 0.25) is 0 Å². The molecule has 3 heteroatoms. The van der Waals surface area contributed by atoms with Crippen LogP contribution in [0.5, 0.6) is 0 Å². The number of hydrogen-bond acceptors (Lipinski definition) is 2. The largest absolute Gasteiger partial charge is 0.361 e. The number of rotatable bonds is 0. The minimum absolute atomic E-state index is 1.11. The van der Waals surface area contributed by atoms with Crippen LogP contribution >= 0.6 is 11.3 Å². The topological polar surface area (TPSA) is 28.7 Å². The second-order valence-electron chi connectivity index (χ2n) is 3.84. The molecule has 3 aromatic heterocycles. The Morgan fingerprint density at radius 1 is 1.12 bits per heavy atom. The van der Waals surface area contributed by atoms with Crippen LogP contribution in [0.1, 0.15) is 0 Å². The van der Waals surface area contributed by atoms with E-state index in [1.165, 1.54) is 26.4 Å². The van der Waals surface area contributed by atoms with E-state index in [4.69, 9.17) is 0 Å². The van der Waals surface area contributed by atoms with Gasteiger partial charge in [-0.2, -0.15) is 0 Å². The smallest absolute Gasteiger partial charge is 0.126 e. The third-order valence-electron chi connectivity index (χ3n) is 2.93. The van der Waals surface area contributed by atoms with Crippen LogP contribution in [0.4, 0.5) is 0 Å². The first-order valence-corrected chi connectivity index (χ1v) is 5.98. The first-order chi connectivity index (χ1) is 7.93. The van der Waals surface area contributed by atoms with Crippen LogP contribution in [-0.4, -0.2) is 9.97 Å². The predicted molar refractivity (Wildman–Crippen MR) is 69.0 cm³/mol. The van der Waals surface area contributed by atoms with Crippen molar-refractivity contribution in [2.45, 2.75) is 0 Å². The van der Waals surface area contributed by atoms with Gasteiger partial charge in [-0.3, -0.25) is 0 Å². The van der Waals surface area contributed by atoms with Crippen molar-refractivity contribution in [3.63, 3.8) is 0 Å². The summed E-state index contributed by atoms with van der Waals surface area (Å²) in [6.45, 7) is 0. The van der Waals surface area contributed by atoms with Gasteiger partial charge in [0.25, 0.3) is 0 Å². The van der Waals surface area contributed by atoms with Crippen LogP contribution in [0.25, 0.3) is 31.2 Å². The van der Waals surface area contributed by atoms with Crippen LogP contribution in [0.3, 0.4) is 0 Å². The van der Waals surface area contributed by atoms with Crippen molar-refractivity contribution in [2.24, 2.45) is 0 Å². The number of H-pyrrole nitrogens is 1. The van der Waals surface area contributed by atoms with Crippen molar-refractivity contribution >= 4 is 42.5 Å². The molecule has 76 valence electrons. The third kappa shape index (κ3) is 0.933. The molecule has 0 bridgehead atoms. The Morgan fingerprint density at radius 2 is 2.06 bits per heavy atom. The molecule has 1 N–H and O–H groups in total. The fourth-order valence-corrected chi connectivity index (χ4v) is 3.25. The molecule has 0 unspecified atom stereocenters. The molecule has 0 saturated carbocycles. The number of pyridine rings is 1. The lowest BCUT2D eigenvalue weighted by molar-refractivity contribution is 1.46. The van der Waals surface area contributed by atoms with E-state index in [9.17, 15) is 0 Å². The van der Waals surface area contributed by atoms with Gasteiger partial charge >= 0.3 is 0 Å². The van der Waals surface area contributed by atoms with E-state index in [1.54, 1.807) is 11.3 Å². The van der Waals surface area contributed by atoms with Gasteiger partial charge in [0.05, 0.1) is 5.52 Å². The first kappa shape index (κ1) is 8.30. The summed E-state index contributed by atoms with van der Waals surface area (Å²) < 4.78 is 1.30. The van der Waals surface area contributed by atoms with Crippen LogP contribution in [0.15, 0.2) is 42.7 Å². The zero-order chi connectivity index (χ0) is 10.5. The van der Waals surface area contributed by atoms with Gasteiger partial charge < -0.3 is 4.98 Å². The van der Waals surface area contributed by atoms with E-state index in [2.05, 4.69) is 40.3 Å². The number of aromatic nitrogens is 2. The van der Waals surface area contributed by atoms with Gasteiger partial charge in [-0.05, 0) is 12.1 Å². The molecule has 0 radical (unpaired) electrons. The number of aromatic amines is 1. The molecule has 0 spiro atoms. The summed E-state index contributed by atoms with van der Waals surface area (Å²) in [6, 6.07) is 10.5. The van der Waals surface area contributed by atoms with Crippen molar-refractivity contribution in [2.75, 3.05) is 0 Å². The van der Waals surface area contributed by atoms with Gasteiger partial charge in [0, 0.05) is 33.3 Å². The third-order valence-corrected chi connectivity index (χ3v) is 4.01. The Labute approximate surface area is 95.5 Å². The molecule has 0 aliphatic heterocycles. The van der Waals surface area contributed by atoms with E-state index in [1.807, 2.05) is 12.4 Å². The lowest BCUT2D eigenvalue weighted by Gasteiger charge is -1.93. The fraction of sp³-hybridized carbons (Fsp3) is 0. The number of nitrogens with one attached hydrogen (secondary N) is 1. The minimum atomic E-state index is 1.11.